The lowest BCUT2D eigenvalue weighted by Gasteiger charge is -2.11. The minimum absolute atomic E-state index is 0.0645. The molecule has 0 atom stereocenters. The van der Waals surface area contributed by atoms with Crippen LogP contribution in [0.4, 0.5) is 5.69 Å². The van der Waals surface area contributed by atoms with Gasteiger partial charge >= 0.3 is 11.8 Å². The Morgan fingerprint density at radius 2 is 1.91 bits per heavy atom. The van der Waals surface area contributed by atoms with Gasteiger partial charge in [-0.15, -0.1) is 0 Å². The maximum Gasteiger partial charge on any atom is 0.329 e. The van der Waals surface area contributed by atoms with Gasteiger partial charge in [-0.2, -0.15) is 5.10 Å². The Bertz CT molecular complexity index is 1220. The SMILES string of the molecule is O=C(COc1ccc(Br)cc1/C=N\NC(=O)C(=O)NCc1ccco1)Nc1cccc(Cl)c1Cl. The van der Waals surface area contributed by atoms with Crippen molar-refractivity contribution < 1.29 is 23.5 Å². The molecule has 34 heavy (non-hydrogen) atoms. The number of halogens is 3. The van der Waals surface area contributed by atoms with Gasteiger partial charge in [-0.25, -0.2) is 5.43 Å². The second-order valence-corrected chi connectivity index (χ2v) is 8.28. The van der Waals surface area contributed by atoms with Crippen LogP contribution in [0, 0.1) is 0 Å². The standard InChI is InChI=1S/C22H17BrCl2N4O5/c23-14-6-7-18(34-12-19(30)28-17-5-1-4-16(24)20(17)25)13(9-14)10-27-29-22(32)21(31)26-11-15-3-2-8-33-15/h1-10H,11-12H2,(H,26,31)(H,28,30)(H,29,32)/b27-10-. The summed E-state index contributed by atoms with van der Waals surface area (Å²) in [5.41, 5.74) is 2.93. The third kappa shape index (κ3) is 7.34. The van der Waals surface area contributed by atoms with Crippen LogP contribution < -0.4 is 20.8 Å². The molecule has 9 nitrogen and oxygen atoms in total. The predicted molar refractivity (Wildman–Crippen MR) is 131 cm³/mol. The van der Waals surface area contributed by atoms with E-state index in [4.69, 9.17) is 32.4 Å². The van der Waals surface area contributed by atoms with Crippen molar-refractivity contribution in [1.82, 2.24) is 10.7 Å². The van der Waals surface area contributed by atoms with Crippen molar-refractivity contribution in [3.05, 3.63) is 80.6 Å². The molecule has 3 rings (SSSR count). The number of furan rings is 1. The summed E-state index contributed by atoms with van der Waals surface area (Å²) in [6.45, 7) is -0.262. The van der Waals surface area contributed by atoms with E-state index in [2.05, 4.69) is 37.1 Å². The van der Waals surface area contributed by atoms with Crippen LogP contribution in [0.25, 0.3) is 0 Å². The van der Waals surface area contributed by atoms with Gasteiger partial charge in [0.25, 0.3) is 5.91 Å². The molecule has 0 bridgehead atoms. The molecule has 1 heterocycles. The van der Waals surface area contributed by atoms with Gasteiger partial charge < -0.3 is 19.8 Å². The van der Waals surface area contributed by atoms with Crippen molar-refractivity contribution in [2.45, 2.75) is 6.54 Å². The first kappa shape index (κ1) is 25.3. The Morgan fingerprint density at radius 3 is 2.68 bits per heavy atom. The maximum absolute atomic E-state index is 12.3. The Balaban J connectivity index is 1.55. The van der Waals surface area contributed by atoms with E-state index in [9.17, 15) is 14.4 Å². The summed E-state index contributed by atoms with van der Waals surface area (Å²) in [5, 5.41) is 9.33. The smallest absolute Gasteiger partial charge is 0.329 e. The van der Waals surface area contributed by atoms with E-state index < -0.39 is 17.7 Å². The third-order valence-electron chi connectivity index (χ3n) is 4.14. The minimum atomic E-state index is -0.960. The number of ether oxygens (including phenoxy) is 1. The van der Waals surface area contributed by atoms with Gasteiger partial charge in [0.15, 0.2) is 6.61 Å². The van der Waals surface area contributed by atoms with Crippen molar-refractivity contribution in [1.29, 1.82) is 0 Å². The highest BCUT2D eigenvalue weighted by Crippen LogP contribution is 2.29. The normalized spacial score (nSPS) is 10.7. The Morgan fingerprint density at radius 1 is 1.09 bits per heavy atom. The van der Waals surface area contributed by atoms with Gasteiger partial charge in [-0.3, -0.25) is 14.4 Å². The number of anilines is 1. The number of amides is 3. The van der Waals surface area contributed by atoms with Crippen molar-refractivity contribution in [2.75, 3.05) is 11.9 Å². The zero-order valence-corrected chi connectivity index (χ0v) is 20.4. The average molecular weight is 568 g/mol. The van der Waals surface area contributed by atoms with E-state index in [1.807, 2.05) is 0 Å². The van der Waals surface area contributed by atoms with Crippen molar-refractivity contribution >= 4 is 68.8 Å². The van der Waals surface area contributed by atoms with Crippen LogP contribution in [0.2, 0.25) is 10.0 Å². The van der Waals surface area contributed by atoms with Crippen LogP contribution in [-0.2, 0) is 20.9 Å². The van der Waals surface area contributed by atoms with Crippen LogP contribution in [0.15, 0.2) is 68.8 Å². The molecule has 1 aromatic heterocycles. The van der Waals surface area contributed by atoms with Crippen LogP contribution >= 0.6 is 39.1 Å². The molecule has 0 saturated carbocycles. The van der Waals surface area contributed by atoms with E-state index in [0.29, 0.717) is 32.3 Å². The summed E-state index contributed by atoms with van der Waals surface area (Å²) in [5.74, 6) is -1.48. The van der Waals surface area contributed by atoms with Crippen LogP contribution in [0.3, 0.4) is 0 Å². The fourth-order valence-corrected chi connectivity index (χ4v) is 3.28. The molecule has 0 saturated heterocycles. The number of benzene rings is 2. The molecule has 0 aliphatic carbocycles. The zero-order chi connectivity index (χ0) is 24.5. The number of hydrogen-bond donors (Lipinski definition) is 3. The lowest BCUT2D eigenvalue weighted by atomic mass is 10.2. The van der Waals surface area contributed by atoms with Gasteiger partial charge in [0.2, 0.25) is 0 Å². The monoisotopic (exact) mass is 566 g/mol. The first-order valence-corrected chi connectivity index (χ1v) is 11.2. The number of hydrazone groups is 1. The molecule has 0 spiro atoms. The number of carbonyl (C=O) groups is 3. The summed E-state index contributed by atoms with van der Waals surface area (Å²) in [7, 11) is 0. The number of nitrogens with one attached hydrogen (secondary N) is 3. The first-order chi connectivity index (χ1) is 16.3. The van der Waals surface area contributed by atoms with Gasteiger partial charge in [0, 0.05) is 10.0 Å². The Hall–Kier alpha value is -3.34. The summed E-state index contributed by atoms with van der Waals surface area (Å²) in [6, 6.07) is 13.2. The van der Waals surface area contributed by atoms with E-state index in [-0.39, 0.29) is 18.2 Å². The van der Waals surface area contributed by atoms with Gasteiger partial charge in [0.1, 0.15) is 11.5 Å². The molecule has 3 aromatic rings. The van der Waals surface area contributed by atoms with Crippen LogP contribution in [0.1, 0.15) is 11.3 Å². The lowest BCUT2D eigenvalue weighted by Crippen LogP contribution is -2.37. The highest BCUT2D eigenvalue weighted by atomic mass is 79.9. The van der Waals surface area contributed by atoms with Crippen molar-refractivity contribution in [2.24, 2.45) is 5.10 Å². The Kier molecular flexibility index (Phi) is 9.08. The van der Waals surface area contributed by atoms with E-state index in [1.54, 1.807) is 48.5 Å². The quantitative estimate of drug-likeness (QED) is 0.214. The van der Waals surface area contributed by atoms with Crippen molar-refractivity contribution in [3.63, 3.8) is 0 Å². The van der Waals surface area contributed by atoms with E-state index in [1.165, 1.54) is 12.5 Å². The van der Waals surface area contributed by atoms with E-state index >= 15 is 0 Å². The molecule has 176 valence electrons. The van der Waals surface area contributed by atoms with Gasteiger partial charge in [0.05, 0.1) is 34.8 Å². The molecule has 3 amide bonds. The highest BCUT2D eigenvalue weighted by Gasteiger charge is 2.13. The number of nitrogens with zero attached hydrogens (tertiary/aromatic N) is 1. The highest BCUT2D eigenvalue weighted by molar-refractivity contribution is 9.10. The topological polar surface area (TPSA) is 122 Å². The Labute approximate surface area is 212 Å². The molecular formula is C22H17BrCl2N4O5. The molecule has 0 fully saturated rings. The zero-order valence-electron chi connectivity index (χ0n) is 17.3. The fourth-order valence-electron chi connectivity index (χ4n) is 2.55. The van der Waals surface area contributed by atoms with Crippen molar-refractivity contribution in [3.8, 4) is 5.75 Å². The van der Waals surface area contributed by atoms with Crippen LogP contribution in [-0.4, -0.2) is 30.5 Å². The number of carbonyl (C=O) groups excluding carboxylic acids is 3. The first-order valence-electron chi connectivity index (χ1n) is 9.63. The number of hydrogen-bond acceptors (Lipinski definition) is 6. The minimum Gasteiger partial charge on any atom is -0.483 e. The molecule has 0 aliphatic heterocycles. The second kappa shape index (κ2) is 12.2. The molecule has 12 heteroatoms. The average Bonchev–Trinajstić information content (AvgIpc) is 3.33. The lowest BCUT2D eigenvalue weighted by molar-refractivity contribution is -0.139. The molecule has 2 aromatic carbocycles. The third-order valence-corrected chi connectivity index (χ3v) is 5.45. The fraction of sp³-hybridized carbons (Fsp3) is 0.0909. The van der Waals surface area contributed by atoms with E-state index in [0.717, 1.165) is 0 Å². The number of rotatable bonds is 8. The molecule has 0 unspecified atom stereocenters. The summed E-state index contributed by atoms with van der Waals surface area (Å²) < 4.78 is 11.4. The molecule has 0 aliphatic rings. The second-order valence-electron chi connectivity index (χ2n) is 6.58. The molecule has 0 radical (unpaired) electrons. The summed E-state index contributed by atoms with van der Waals surface area (Å²) >= 11 is 15.3. The van der Waals surface area contributed by atoms with Crippen LogP contribution in [0.5, 0.6) is 5.75 Å². The molecular weight excluding hydrogens is 551 g/mol. The molecule has 3 N–H and O–H groups in total. The van der Waals surface area contributed by atoms with Gasteiger partial charge in [-0.05, 0) is 42.5 Å². The summed E-state index contributed by atoms with van der Waals surface area (Å²) in [4.78, 5) is 36.0. The van der Waals surface area contributed by atoms with Gasteiger partial charge in [-0.1, -0.05) is 45.2 Å². The largest absolute Gasteiger partial charge is 0.483 e. The predicted octanol–water partition coefficient (Wildman–Crippen LogP) is 4.13. The summed E-state index contributed by atoms with van der Waals surface area (Å²) in [6.07, 6.45) is 2.74. The maximum atomic E-state index is 12.3.